The van der Waals surface area contributed by atoms with Crippen LogP contribution in [0, 0.1) is 6.92 Å². The summed E-state index contributed by atoms with van der Waals surface area (Å²) in [4.78, 5) is 8.70. The fourth-order valence-electron chi connectivity index (χ4n) is 1.90. The molecule has 4 nitrogen and oxygen atoms in total. The highest BCUT2D eigenvalue weighted by molar-refractivity contribution is 7.09. The van der Waals surface area contributed by atoms with Crippen LogP contribution in [0.25, 0.3) is 0 Å². The van der Waals surface area contributed by atoms with Crippen LogP contribution in [0.2, 0.25) is 0 Å². The molecule has 1 atom stereocenters. The van der Waals surface area contributed by atoms with Gasteiger partial charge in [-0.2, -0.15) is 0 Å². The van der Waals surface area contributed by atoms with Crippen LogP contribution in [0.3, 0.4) is 0 Å². The number of likely N-dealkylation sites (N-methyl/N-ethyl adjacent to an activating group) is 1. The molecular formula is C12H18N4S. The zero-order valence-corrected chi connectivity index (χ0v) is 11.3. The van der Waals surface area contributed by atoms with Crippen LogP contribution in [0.15, 0.2) is 17.9 Å². The Kier molecular flexibility index (Phi) is 3.91. The lowest BCUT2D eigenvalue weighted by Crippen LogP contribution is -2.24. The van der Waals surface area contributed by atoms with Gasteiger partial charge in [-0.1, -0.05) is 6.92 Å². The summed E-state index contributed by atoms with van der Waals surface area (Å²) in [5.41, 5.74) is 2.31. The number of hydrogen-bond acceptors (Lipinski definition) is 4. The standard InChI is InChI=1S/C12H18N4S/c1-4-14-10(11-6-13-8-16(11)3)5-12-15-9(2)7-17-12/h6-8,10,14H,4-5H2,1-3H3. The van der Waals surface area contributed by atoms with Gasteiger partial charge in [-0.3, -0.25) is 0 Å². The van der Waals surface area contributed by atoms with E-state index in [9.17, 15) is 0 Å². The number of hydrogen-bond donors (Lipinski definition) is 1. The molecule has 2 heterocycles. The molecule has 0 aliphatic heterocycles. The maximum atomic E-state index is 4.52. The minimum atomic E-state index is 0.290. The summed E-state index contributed by atoms with van der Waals surface area (Å²) < 4.78 is 2.06. The lowest BCUT2D eigenvalue weighted by atomic mass is 10.1. The number of aromatic nitrogens is 3. The third kappa shape index (κ3) is 2.92. The predicted octanol–water partition coefficient (Wildman–Crippen LogP) is 2.08. The third-order valence-electron chi connectivity index (χ3n) is 2.71. The lowest BCUT2D eigenvalue weighted by Gasteiger charge is -2.17. The monoisotopic (exact) mass is 250 g/mol. The maximum Gasteiger partial charge on any atom is 0.0947 e. The van der Waals surface area contributed by atoms with E-state index in [0.29, 0.717) is 0 Å². The van der Waals surface area contributed by atoms with Gasteiger partial charge in [0, 0.05) is 30.7 Å². The molecule has 2 aromatic rings. The van der Waals surface area contributed by atoms with Crippen LogP contribution >= 0.6 is 11.3 Å². The summed E-state index contributed by atoms with van der Waals surface area (Å²) in [7, 11) is 2.03. The van der Waals surface area contributed by atoms with Crippen LogP contribution in [-0.2, 0) is 13.5 Å². The smallest absolute Gasteiger partial charge is 0.0947 e. The summed E-state index contributed by atoms with van der Waals surface area (Å²) in [6.45, 7) is 5.10. The second-order valence-corrected chi connectivity index (χ2v) is 5.07. The molecule has 0 aromatic carbocycles. The molecule has 0 radical (unpaired) electrons. The highest BCUT2D eigenvalue weighted by atomic mass is 32.1. The Labute approximate surface area is 106 Å². The molecule has 2 aromatic heterocycles. The van der Waals surface area contributed by atoms with Crippen LogP contribution in [0.1, 0.15) is 29.4 Å². The van der Waals surface area contributed by atoms with E-state index in [4.69, 9.17) is 0 Å². The van der Waals surface area contributed by atoms with E-state index in [0.717, 1.165) is 18.7 Å². The van der Waals surface area contributed by atoms with E-state index in [1.54, 1.807) is 11.3 Å². The van der Waals surface area contributed by atoms with Crippen molar-refractivity contribution in [2.24, 2.45) is 7.05 Å². The van der Waals surface area contributed by atoms with Gasteiger partial charge in [-0.25, -0.2) is 9.97 Å². The maximum absolute atomic E-state index is 4.52. The molecule has 92 valence electrons. The van der Waals surface area contributed by atoms with E-state index >= 15 is 0 Å². The summed E-state index contributed by atoms with van der Waals surface area (Å²) in [6, 6.07) is 0.290. The van der Waals surface area contributed by atoms with E-state index in [-0.39, 0.29) is 6.04 Å². The molecule has 0 fully saturated rings. The Bertz CT molecular complexity index is 474. The van der Waals surface area contributed by atoms with Gasteiger partial charge in [-0.05, 0) is 13.5 Å². The normalized spacial score (nSPS) is 12.9. The van der Waals surface area contributed by atoms with Gasteiger partial charge in [-0.15, -0.1) is 11.3 Å². The van der Waals surface area contributed by atoms with Crippen LogP contribution < -0.4 is 5.32 Å². The Balaban J connectivity index is 2.15. The molecule has 0 bridgehead atoms. The summed E-state index contributed by atoms with van der Waals surface area (Å²) in [5.74, 6) is 0. The molecule has 0 aliphatic carbocycles. The Morgan fingerprint density at radius 1 is 1.53 bits per heavy atom. The van der Waals surface area contributed by atoms with Crippen molar-refractivity contribution in [3.8, 4) is 0 Å². The molecule has 1 N–H and O–H groups in total. The molecule has 0 amide bonds. The first kappa shape index (κ1) is 12.3. The minimum Gasteiger partial charge on any atom is -0.336 e. The summed E-state index contributed by atoms with van der Waals surface area (Å²) in [5, 5.41) is 6.76. The van der Waals surface area contributed by atoms with Gasteiger partial charge in [0.1, 0.15) is 0 Å². The molecule has 0 aliphatic rings. The van der Waals surface area contributed by atoms with Crippen molar-refractivity contribution in [1.29, 1.82) is 0 Å². The zero-order valence-electron chi connectivity index (χ0n) is 10.5. The molecule has 2 rings (SSSR count). The van der Waals surface area contributed by atoms with Gasteiger partial charge >= 0.3 is 0 Å². The van der Waals surface area contributed by atoms with Gasteiger partial charge in [0.05, 0.1) is 23.1 Å². The molecule has 17 heavy (non-hydrogen) atoms. The largest absolute Gasteiger partial charge is 0.336 e. The first-order chi connectivity index (χ1) is 8.20. The van der Waals surface area contributed by atoms with Crippen molar-refractivity contribution in [3.05, 3.63) is 34.3 Å². The van der Waals surface area contributed by atoms with Crippen molar-refractivity contribution >= 4 is 11.3 Å². The second kappa shape index (κ2) is 5.42. The van der Waals surface area contributed by atoms with Crippen LogP contribution in [0.5, 0.6) is 0 Å². The van der Waals surface area contributed by atoms with Gasteiger partial charge in [0.15, 0.2) is 0 Å². The summed E-state index contributed by atoms with van der Waals surface area (Å²) in [6.07, 6.45) is 4.69. The highest BCUT2D eigenvalue weighted by Crippen LogP contribution is 2.20. The predicted molar refractivity (Wildman–Crippen MR) is 70.2 cm³/mol. The number of aryl methyl sites for hydroxylation is 2. The molecule has 0 saturated heterocycles. The van der Waals surface area contributed by atoms with Crippen LogP contribution in [-0.4, -0.2) is 21.1 Å². The molecule has 1 unspecified atom stereocenters. The van der Waals surface area contributed by atoms with Crippen molar-refractivity contribution in [2.75, 3.05) is 6.54 Å². The SMILES string of the molecule is CCNC(Cc1nc(C)cs1)c1cncn1C. The second-order valence-electron chi connectivity index (χ2n) is 4.13. The molecule has 5 heteroatoms. The van der Waals surface area contributed by atoms with E-state index in [1.807, 2.05) is 26.5 Å². The fourth-order valence-corrected chi connectivity index (χ4v) is 2.72. The first-order valence-corrected chi connectivity index (χ1v) is 6.69. The van der Waals surface area contributed by atoms with Gasteiger partial charge < -0.3 is 9.88 Å². The van der Waals surface area contributed by atoms with Gasteiger partial charge in [0.2, 0.25) is 0 Å². The number of nitrogens with one attached hydrogen (secondary N) is 1. The lowest BCUT2D eigenvalue weighted by molar-refractivity contribution is 0.519. The highest BCUT2D eigenvalue weighted by Gasteiger charge is 2.15. The van der Waals surface area contributed by atoms with Crippen molar-refractivity contribution in [1.82, 2.24) is 19.9 Å². The molecule has 0 spiro atoms. The van der Waals surface area contributed by atoms with Crippen molar-refractivity contribution in [3.63, 3.8) is 0 Å². The average Bonchev–Trinajstić information content (AvgIpc) is 2.87. The quantitative estimate of drug-likeness (QED) is 0.883. The van der Waals surface area contributed by atoms with E-state index in [2.05, 4.69) is 32.2 Å². The number of rotatable bonds is 5. The number of nitrogens with zero attached hydrogens (tertiary/aromatic N) is 3. The minimum absolute atomic E-state index is 0.290. The van der Waals surface area contributed by atoms with Crippen molar-refractivity contribution in [2.45, 2.75) is 26.3 Å². The van der Waals surface area contributed by atoms with Crippen LogP contribution in [0.4, 0.5) is 0 Å². The number of imidazole rings is 1. The van der Waals surface area contributed by atoms with Gasteiger partial charge in [0.25, 0.3) is 0 Å². The third-order valence-corrected chi connectivity index (χ3v) is 3.70. The fraction of sp³-hybridized carbons (Fsp3) is 0.500. The van der Waals surface area contributed by atoms with Crippen molar-refractivity contribution < 1.29 is 0 Å². The molecular weight excluding hydrogens is 232 g/mol. The Morgan fingerprint density at radius 2 is 2.35 bits per heavy atom. The Morgan fingerprint density at radius 3 is 2.88 bits per heavy atom. The first-order valence-electron chi connectivity index (χ1n) is 5.81. The average molecular weight is 250 g/mol. The molecule has 0 saturated carbocycles. The topological polar surface area (TPSA) is 42.7 Å². The Hall–Kier alpha value is -1.20. The summed E-state index contributed by atoms with van der Waals surface area (Å²) >= 11 is 1.73. The number of thiazole rings is 1. The van der Waals surface area contributed by atoms with E-state index in [1.165, 1.54) is 10.7 Å². The zero-order chi connectivity index (χ0) is 12.3. The van der Waals surface area contributed by atoms with E-state index < -0.39 is 0 Å².